The molecular formula is H20MgNO12P. The van der Waals surface area contributed by atoms with Crippen LogP contribution < -0.4 is 15.9 Å². The van der Waals surface area contributed by atoms with Crippen LogP contribution in [0.5, 0.6) is 0 Å². The number of hydrogen-bond acceptors (Lipinski definition) is 4. The van der Waals surface area contributed by atoms with Crippen molar-refractivity contribution in [3.63, 3.8) is 0 Å². The first-order valence-corrected chi connectivity index (χ1v) is 2.24. The van der Waals surface area contributed by atoms with E-state index in [-0.39, 0.29) is 73.0 Å². The van der Waals surface area contributed by atoms with Gasteiger partial charge in [-0.05, 0) is 0 Å². The third-order valence-electron chi connectivity index (χ3n) is 0. The van der Waals surface area contributed by atoms with Crippen molar-refractivity contribution < 1.29 is 63.1 Å². The Morgan fingerprint density at radius 1 is 0.733 bits per heavy atom. The molecule has 104 valence electrons. The van der Waals surface area contributed by atoms with E-state index in [1.54, 1.807) is 0 Å². The van der Waals surface area contributed by atoms with E-state index >= 15 is 0 Å². The van der Waals surface area contributed by atoms with Gasteiger partial charge in [0.15, 0.2) is 0 Å². The SMILES string of the molecule is N.O.O.O.O.O.O.O.O.O=P([O-])([O-])O.[Mg+2]. The normalized spacial score (nSPS) is 3.93. The molecule has 0 unspecified atom stereocenters. The van der Waals surface area contributed by atoms with Crippen molar-refractivity contribution in [1.29, 1.82) is 0 Å². The molecule has 0 aromatic carbocycles. The first-order chi connectivity index (χ1) is 2.00. The average molecular weight is 281 g/mol. The average Bonchev–Trinajstić information content (AvgIpc) is 0.722. The fourth-order valence-electron chi connectivity index (χ4n) is 0. The van der Waals surface area contributed by atoms with Gasteiger partial charge in [0.2, 0.25) is 0 Å². The molecule has 0 aromatic heterocycles. The summed E-state index contributed by atoms with van der Waals surface area (Å²) in [6, 6.07) is 0. The summed E-state index contributed by atoms with van der Waals surface area (Å²) in [5.74, 6) is 0. The Kier molecular flexibility index (Phi) is 667. The molecule has 15 heavy (non-hydrogen) atoms. The third kappa shape index (κ3) is 8530. The topological polar surface area (TPSA) is 370 Å². The van der Waals surface area contributed by atoms with Gasteiger partial charge in [0.05, 0.1) is 7.82 Å². The van der Waals surface area contributed by atoms with Crippen LogP contribution in [0.1, 0.15) is 0 Å². The first kappa shape index (κ1) is 160. The minimum Gasteiger partial charge on any atom is -0.790 e. The van der Waals surface area contributed by atoms with E-state index in [4.69, 9.17) is 19.2 Å². The standard InChI is InChI=1S/Mg.H3N.H3O4P.8H2O/c;;1-5(2,3)4;;;;;;;;/h;1H3;(H3,1,2,3,4);8*1H2/q+2;;;;;;;;;;/p-2. The van der Waals surface area contributed by atoms with Gasteiger partial charge >= 0.3 is 23.1 Å². The van der Waals surface area contributed by atoms with Crippen LogP contribution in [0, 0.1) is 0 Å². The minimum atomic E-state index is -5.14. The summed E-state index contributed by atoms with van der Waals surface area (Å²) >= 11 is 0. The molecule has 0 rings (SSSR count). The molecule has 0 aliphatic heterocycles. The van der Waals surface area contributed by atoms with E-state index in [1.165, 1.54) is 0 Å². The van der Waals surface area contributed by atoms with Gasteiger partial charge in [0.25, 0.3) is 0 Å². The monoisotopic (exact) mass is 281 g/mol. The van der Waals surface area contributed by atoms with Crippen LogP contribution in [0.3, 0.4) is 0 Å². The van der Waals surface area contributed by atoms with E-state index in [1.807, 2.05) is 0 Å². The van der Waals surface area contributed by atoms with Gasteiger partial charge in [-0.2, -0.15) is 0 Å². The molecule has 0 aliphatic carbocycles. The Morgan fingerprint density at radius 3 is 0.733 bits per heavy atom. The second kappa shape index (κ2) is 62.5. The largest absolute Gasteiger partial charge is 2.00 e. The van der Waals surface area contributed by atoms with Crippen molar-refractivity contribution in [1.82, 2.24) is 6.15 Å². The van der Waals surface area contributed by atoms with Crippen molar-refractivity contribution in [2.45, 2.75) is 0 Å². The first-order valence-electron chi connectivity index (χ1n) is 0.748. The van der Waals surface area contributed by atoms with Crippen molar-refractivity contribution in [3.05, 3.63) is 0 Å². The van der Waals surface area contributed by atoms with E-state index in [0.717, 1.165) is 0 Å². The van der Waals surface area contributed by atoms with Gasteiger partial charge in [0, 0.05) is 0 Å². The van der Waals surface area contributed by atoms with Gasteiger partial charge in [-0.25, -0.2) is 0 Å². The van der Waals surface area contributed by atoms with Crippen LogP contribution in [-0.2, 0) is 4.57 Å². The second-order valence-corrected chi connectivity index (χ2v) is 1.41. The molecule has 0 fully saturated rings. The van der Waals surface area contributed by atoms with E-state index in [0.29, 0.717) is 0 Å². The summed E-state index contributed by atoms with van der Waals surface area (Å²) in [7, 11) is -5.14. The zero-order valence-electron chi connectivity index (χ0n) is 7.53. The molecular weight excluding hydrogens is 261 g/mol. The second-order valence-electron chi connectivity index (χ2n) is 0.469. The molecule has 15 heteroatoms. The van der Waals surface area contributed by atoms with Crippen LogP contribution in [0.15, 0.2) is 0 Å². The van der Waals surface area contributed by atoms with Crippen LogP contribution >= 0.6 is 7.82 Å². The fraction of sp³-hybridized carbons (Fsp3) is 0. The summed E-state index contributed by atoms with van der Waals surface area (Å²) in [6.07, 6.45) is 0. The van der Waals surface area contributed by atoms with Crippen LogP contribution in [0.2, 0.25) is 0 Å². The zero-order valence-corrected chi connectivity index (χ0v) is 9.84. The Morgan fingerprint density at radius 2 is 0.733 bits per heavy atom. The van der Waals surface area contributed by atoms with Crippen LogP contribution in [0.25, 0.3) is 0 Å². The molecule has 0 atom stereocenters. The summed E-state index contributed by atoms with van der Waals surface area (Å²) in [5, 5.41) is 0. The molecule has 0 aromatic rings. The Bertz CT molecular complexity index is 61.8. The van der Waals surface area contributed by atoms with Gasteiger partial charge in [-0.1, -0.05) is 0 Å². The molecule has 0 heterocycles. The van der Waals surface area contributed by atoms with Gasteiger partial charge in [-0.3, -0.25) is 0 Å². The molecule has 0 radical (unpaired) electrons. The quantitative estimate of drug-likeness (QED) is 0.321. The number of phosphoric acid groups is 1. The zero-order chi connectivity index (χ0) is 4.50. The molecule has 0 spiro atoms. The molecule has 0 amide bonds. The van der Waals surface area contributed by atoms with Crippen LogP contribution in [-0.4, -0.2) is 71.8 Å². The summed E-state index contributed by atoms with van der Waals surface area (Å²) in [4.78, 5) is 24.3. The minimum absolute atomic E-state index is 0. The molecule has 0 saturated carbocycles. The maximum absolute atomic E-state index is 8.66. The van der Waals surface area contributed by atoms with Crippen molar-refractivity contribution >= 4 is 30.9 Å². The Balaban J connectivity index is -0.00000000178. The number of rotatable bonds is 0. The predicted molar refractivity (Wildman–Crippen MR) is 49.5 cm³/mol. The predicted octanol–water partition coefficient (Wildman–Crippen LogP) is -9.01. The summed E-state index contributed by atoms with van der Waals surface area (Å²) < 4.78 is 8.66. The summed E-state index contributed by atoms with van der Waals surface area (Å²) in [6.45, 7) is 0. The van der Waals surface area contributed by atoms with Crippen molar-refractivity contribution in [2.75, 3.05) is 0 Å². The maximum atomic E-state index is 8.66. The molecule has 20 N–H and O–H groups in total. The van der Waals surface area contributed by atoms with Crippen molar-refractivity contribution in [2.24, 2.45) is 0 Å². The molecule has 13 nitrogen and oxygen atoms in total. The molecule has 0 aliphatic rings. The number of hydrogen-bond donors (Lipinski definition) is 2. The molecule has 0 bridgehead atoms. The van der Waals surface area contributed by atoms with Gasteiger partial charge in [0.1, 0.15) is 0 Å². The Hall–Kier alpha value is 0.516. The van der Waals surface area contributed by atoms with Gasteiger partial charge < -0.3 is 69.2 Å². The van der Waals surface area contributed by atoms with Crippen LogP contribution in [0.4, 0.5) is 0 Å². The summed E-state index contributed by atoms with van der Waals surface area (Å²) in [5.41, 5.74) is 0. The Labute approximate surface area is 101 Å². The smallest absolute Gasteiger partial charge is 0.790 e. The van der Waals surface area contributed by atoms with Crippen molar-refractivity contribution in [3.8, 4) is 0 Å². The van der Waals surface area contributed by atoms with E-state index in [2.05, 4.69) is 0 Å². The fourth-order valence-corrected chi connectivity index (χ4v) is 0. The molecule has 0 saturated heterocycles. The van der Waals surface area contributed by atoms with E-state index < -0.39 is 7.82 Å². The van der Waals surface area contributed by atoms with Gasteiger partial charge in [-0.15, -0.1) is 0 Å². The maximum Gasteiger partial charge on any atom is 2.00 e. The third-order valence-corrected chi connectivity index (χ3v) is 0. The van der Waals surface area contributed by atoms with E-state index in [9.17, 15) is 0 Å².